The van der Waals surface area contributed by atoms with Crippen LogP contribution in [0.1, 0.15) is 21.5 Å². The first-order valence-corrected chi connectivity index (χ1v) is 9.19. The molecule has 0 unspecified atom stereocenters. The summed E-state index contributed by atoms with van der Waals surface area (Å²) in [5.74, 6) is -1.73. The van der Waals surface area contributed by atoms with Gasteiger partial charge in [0.15, 0.2) is 0 Å². The molecule has 3 aromatic carbocycles. The number of halogens is 1. The molecule has 0 saturated carbocycles. The predicted octanol–water partition coefficient (Wildman–Crippen LogP) is 4.65. The number of carboxylic acid groups (broad SMARTS) is 1. The molecule has 154 valence electrons. The Morgan fingerprint density at radius 3 is 2.32 bits per heavy atom. The van der Waals surface area contributed by atoms with E-state index in [0.29, 0.717) is 11.3 Å². The summed E-state index contributed by atoms with van der Waals surface area (Å²) in [4.78, 5) is 23.1. The molecule has 31 heavy (non-hydrogen) atoms. The number of nitriles is 1. The van der Waals surface area contributed by atoms with Crippen LogP contribution in [0.25, 0.3) is 6.08 Å². The Hall–Kier alpha value is -4.44. The number of nitrogens with one attached hydrogen (secondary N) is 1. The van der Waals surface area contributed by atoms with Crippen LogP contribution in [-0.2, 0) is 11.4 Å². The van der Waals surface area contributed by atoms with Gasteiger partial charge in [-0.2, -0.15) is 5.26 Å². The molecule has 7 heteroatoms. The van der Waals surface area contributed by atoms with Gasteiger partial charge in [0.1, 0.15) is 29.8 Å². The number of amides is 1. The van der Waals surface area contributed by atoms with E-state index < -0.39 is 17.7 Å². The number of anilines is 1. The third kappa shape index (κ3) is 5.78. The molecule has 0 saturated heterocycles. The van der Waals surface area contributed by atoms with Gasteiger partial charge < -0.3 is 15.2 Å². The molecule has 0 atom stereocenters. The smallest absolute Gasteiger partial charge is 0.335 e. The summed E-state index contributed by atoms with van der Waals surface area (Å²) in [5, 5.41) is 20.6. The quantitative estimate of drug-likeness (QED) is 0.431. The monoisotopic (exact) mass is 416 g/mol. The van der Waals surface area contributed by atoms with Gasteiger partial charge in [-0.05, 0) is 53.6 Å². The van der Waals surface area contributed by atoms with Crippen LogP contribution in [0.2, 0.25) is 0 Å². The van der Waals surface area contributed by atoms with Crippen molar-refractivity contribution in [3.63, 3.8) is 0 Å². The molecular formula is C24H17FN2O4. The highest BCUT2D eigenvalue weighted by Crippen LogP contribution is 2.18. The van der Waals surface area contributed by atoms with Crippen LogP contribution in [0, 0.1) is 17.1 Å². The molecule has 0 radical (unpaired) electrons. The SMILES string of the molecule is N#C/C(=C/c1ccc(OCc2ccc(C(=O)O)cc2)cc1)C(=O)Nc1ccccc1F. The molecule has 0 aliphatic carbocycles. The van der Waals surface area contributed by atoms with Crippen LogP contribution < -0.4 is 10.1 Å². The Morgan fingerprint density at radius 2 is 1.71 bits per heavy atom. The van der Waals surface area contributed by atoms with E-state index in [1.54, 1.807) is 42.5 Å². The Kier molecular flexibility index (Phi) is 6.76. The summed E-state index contributed by atoms with van der Waals surface area (Å²) >= 11 is 0. The maximum atomic E-state index is 13.7. The Morgan fingerprint density at radius 1 is 1.03 bits per heavy atom. The molecule has 0 aromatic heterocycles. The fourth-order valence-corrected chi connectivity index (χ4v) is 2.64. The van der Waals surface area contributed by atoms with Crippen molar-refractivity contribution in [2.45, 2.75) is 6.61 Å². The molecule has 0 heterocycles. The van der Waals surface area contributed by atoms with E-state index >= 15 is 0 Å². The van der Waals surface area contributed by atoms with E-state index in [9.17, 15) is 19.2 Å². The minimum Gasteiger partial charge on any atom is -0.489 e. The van der Waals surface area contributed by atoms with Crippen LogP contribution in [0.5, 0.6) is 5.75 Å². The van der Waals surface area contributed by atoms with Crippen LogP contribution in [0.4, 0.5) is 10.1 Å². The van der Waals surface area contributed by atoms with E-state index in [-0.39, 0.29) is 23.4 Å². The highest BCUT2D eigenvalue weighted by Gasteiger charge is 2.12. The minimum absolute atomic E-state index is 0.00575. The lowest BCUT2D eigenvalue weighted by Gasteiger charge is -2.07. The lowest BCUT2D eigenvalue weighted by Crippen LogP contribution is -2.14. The maximum Gasteiger partial charge on any atom is 0.335 e. The second-order valence-electron chi connectivity index (χ2n) is 6.46. The number of nitrogens with zero attached hydrogens (tertiary/aromatic N) is 1. The van der Waals surface area contributed by atoms with Crippen molar-refractivity contribution < 1.29 is 23.8 Å². The van der Waals surface area contributed by atoms with E-state index in [1.165, 1.54) is 36.4 Å². The van der Waals surface area contributed by atoms with E-state index in [0.717, 1.165) is 5.56 Å². The highest BCUT2D eigenvalue weighted by atomic mass is 19.1. The van der Waals surface area contributed by atoms with Gasteiger partial charge in [0.2, 0.25) is 0 Å². The molecule has 0 fully saturated rings. The first-order valence-electron chi connectivity index (χ1n) is 9.19. The number of carbonyl (C=O) groups is 2. The lowest BCUT2D eigenvalue weighted by atomic mass is 10.1. The number of carbonyl (C=O) groups excluding carboxylic acids is 1. The Bertz CT molecular complexity index is 1160. The topological polar surface area (TPSA) is 99.4 Å². The molecule has 0 aliphatic heterocycles. The Labute approximate surface area is 177 Å². The average molecular weight is 416 g/mol. The molecule has 0 bridgehead atoms. The molecule has 3 rings (SSSR count). The molecule has 2 N–H and O–H groups in total. The molecule has 0 spiro atoms. The zero-order valence-electron chi connectivity index (χ0n) is 16.2. The number of hydrogen-bond acceptors (Lipinski definition) is 4. The van der Waals surface area contributed by atoms with E-state index in [1.807, 2.05) is 6.07 Å². The van der Waals surface area contributed by atoms with Crippen molar-refractivity contribution in [2.24, 2.45) is 0 Å². The van der Waals surface area contributed by atoms with E-state index in [2.05, 4.69) is 5.32 Å². The Balaban J connectivity index is 1.63. The van der Waals surface area contributed by atoms with Gasteiger partial charge in [-0.3, -0.25) is 4.79 Å². The third-order valence-electron chi connectivity index (χ3n) is 4.28. The van der Waals surface area contributed by atoms with Gasteiger partial charge in [0.05, 0.1) is 11.3 Å². The minimum atomic E-state index is -0.990. The third-order valence-corrected chi connectivity index (χ3v) is 4.28. The number of aromatic carboxylic acids is 1. The van der Waals surface area contributed by atoms with Crippen molar-refractivity contribution in [3.8, 4) is 11.8 Å². The molecular weight excluding hydrogens is 399 g/mol. The van der Waals surface area contributed by atoms with Gasteiger partial charge in [-0.25, -0.2) is 9.18 Å². The zero-order chi connectivity index (χ0) is 22.2. The zero-order valence-corrected chi connectivity index (χ0v) is 16.2. The lowest BCUT2D eigenvalue weighted by molar-refractivity contribution is -0.112. The van der Waals surface area contributed by atoms with Gasteiger partial charge in [0.25, 0.3) is 5.91 Å². The van der Waals surface area contributed by atoms with Gasteiger partial charge >= 0.3 is 5.97 Å². The fraction of sp³-hybridized carbons (Fsp3) is 0.0417. The molecule has 3 aromatic rings. The largest absolute Gasteiger partial charge is 0.489 e. The van der Waals surface area contributed by atoms with Crippen molar-refractivity contribution in [2.75, 3.05) is 5.32 Å². The standard InChI is InChI=1S/C24H17FN2O4/c25-21-3-1-2-4-22(21)27-23(28)19(14-26)13-16-7-11-20(12-8-16)31-15-17-5-9-18(10-6-17)24(29)30/h1-13H,15H2,(H,27,28)(H,29,30)/b19-13-. The average Bonchev–Trinajstić information content (AvgIpc) is 2.78. The van der Waals surface area contributed by atoms with Crippen LogP contribution in [0.3, 0.4) is 0 Å². The van der Waals surface area contributed by atoms with Crippen molar-refractivity contribution in [1.82, 2.24) is 0 Å². The van der Waals surface area contributed by atoms with Crippen molar-refractivity contribution in [3.05, 3.63) is 101 Å². The number of ether oxygens (including phenoxy) is 1. The second-order valence-corrected chi connectivity index (χ2v) is 6.46. The number of rotatable bonds is 7. The number of para-hydroxylation sites is 1. The fourth-order valence-electron chi connectivity index (χ4n) is 2.64. The van der Waals surface area contributed by atoms with Gasteiger partial charge in [0, 0.05) is 0 Å². The summed E-state index contributed by atoms with van der Waals surface area (Å²) in [6.07, 6.45) is 1.39. The summed E-state index contributed by atoms with van der Waals surface area (Å²) in [6, 6.07) is 20.6. The van der Waals surface area contributed by atoms with Crippen molar-refractivity contribution in [1.29, 1.82) is 5.26 Å². The summed E-state index contributed by atoms with van der Waals surface area (Å²) in [7, 11) is 0. The van der Waals surface area contributed by atoms with Crippen LogP contribution >= 0.6 is 0 Å². The van der Waals surface area contributed by atoms with E-state index in [4.69, 9.17) is 9.84 Å². The molecule has 1 amide bonds. The molecule has 0 aliphatic rings. The summed E-state index contributed by atoms with van der Waals surface area (Å²) in [5.41, 5.74) is 1.43. The second kappa shape index (κ2) is 9.85. The summed E-state index contributed by atoms with van der Waals surface area (Å²) in [6.45, 7) is 0.254. The summed E-state index contributed by atoms with van der Waals surface area (Å²) < 4.78 is 19.3. The predicted molar refractivity (Wildman–Crippen MR) is 113 cm³/mol. The molecule has 6 nitrogen and oxygen atoms in total. The van der Waals surface area contributed by atoms with Crippen LogP contribution in [-0.4, -0.2) is 17.0 Å². The van der Waals surface area contributed by atoms with Crippen LogP contribution in [0.15, 0.2) is 78.4 Å². The number of carboxylic acids is 1. The normalized spacial score (nSPS) is 10.8. The first-order chi connectivity index (χ1) is 15.0. The number of hydrogen-bond donors (Lipinski definition) is 2. The van der Waals surface area contributed by atoms with Gasteiger partial charge in [-0.1, -0.05) is 36.4 Å². The number of benzene rings is 3. The van der Waals surface area contributed by atoms with Crippen molar-refractivity contribution >= 4 is 23.6 Å². The van der Waals surface area contributed by atoms with Gasteiger partial charge in [-0.15, -0.1) is 0 Å². The highest BCUT2D eigenvalue weighted by molar-refractivity contribution is 6.09. The first kappa shape index (κ1) is 21.3. The maximum absolute atomic E-state index is 13.7.